The van der Waals surface area contributed by atoms with Crippen molar-refractivity contribution < 1.29 is 9.63 Å². The average molecular weight is 333 g/mol. The molecule has 0 aliphatic carbocycles. The van der Waals surface area contributed by atoms with Crippen LogP contribution in [-0.4, -0.2) is 43.2 Å². The Bertz CT molecular complexity index is 666. The van der Waals surface area contributed by atoms with Crippen LogP contribution in [0.4, 0.5) is 0 Å². The molecule has 7 nitrogen and oxygen atoms in total. The summed E-state index contributed by atoms with van der Waals surface area (Å²) in [7, 11) is 0. The molecule has 24 heavy (non-hydrogen) atoms. The highest BCUT2D eigenvalue weighted by atomic mass is 16.5. The fourth-order valence-corrected chi connectivity index (χ4v) is 3.33. The van der Waals surface area contributed by atoms with E-state index in [1.807, 2.05) is 24.7 Å². The smallest absolute Gasteiger partial charge is 0.138 e. The number of hydrogen-bond acceptors (Lipinski definition) is 6. The second-order valence-electron chi connectivity index (χ2n) is 7.43. The minimum Gasteiger partial charge on any atom is -0.384 e. The van der Waals surface area contributed by atoms with Gasteiger partial charge in [0, 0.05) is 25.2 Å². The van der Waals surface area contributed by atoms with Crippen molar-refractivity contribution in [2.45, 2.75) is 59.2 Å². The van der Waals surface area contributed by atoms with Crippen LogP contribution in [0.25, 0.3) is 0 Å². The lowest BCUT2D eigenvalue weighted by Gasteiger charge is -2.32. The predicted octanol–water partition coefficient (Wildman–Crippen LogP) is 2.02. The lowest BCUT2D eigenvalue weighted by atomic mass is 9.97. The van der Waals surface area contributed by atoms with Crippen molar-refractivity contribution in [2.24, 2.45) is 5.92 Å². The van der Waals surface area contributed by atoms with Gasteiger partial charge in [0.15, 0.2) is 0 Å². The largest absolute Gasteiger partial charge is 0.384 e. The van der Waals surface area contributed by atoms with Gasteiger partial charge in [-0.3, -0.25) is 9.58 Å². The zero-order chi connectivity index (χ0) is 17.3. The molecule has 1 saturated heterocycles. The monoisotopic (exact) mass is 333 g/mol. The molecule has 1 fully saturated rings. The van der Waals surface area contributed by atoms with Gasteiger partial charge >= 0.3 is 0 Å². The molecule has 0 amide bonds. The number of aromatic nitrogens is 4. The number of nitrogens with zero attached hydrogens (tertiary/aromatic N) is 5. The van der Waals surface area contributed by atoms with Crippen LogP contribution in [0, 0.1) is 19.8 Å². The van der Waals surface area contributed by atoms with Crippen LogP contribution in [0.1, 0.15) is 49.4 Å². The van der Waals surface area contributed by atoms with E-state index in [0.717, 1.165) is 37.6 Å². The van der Waals surface area contributed by atoms with Crippen LogP contribution in [0.15, 0.2) is 10.7 Å². The van der Waals surface area contributed by atoms with Gasteiger partial charge in [0.2, 0.25) is 0 Å². The van der Waals surface area contributed by atoms with E-state index in [1.54, 1.807) is 13.8 Å². The maximum atomic E-state index is 10.0. The average Bonchev–Trinajstić information content (AvgIpc) is 3.10. The third-order valence-electron chi connectivity index (χ3n) is 4.78. The van der Waals surface area contributed by atoms with Crippen LogP contribution >= 0.6 is 0 Å². The van der Waals surface area contributed by atoms with Crippen molar-refractivity contribution in [3.05, 3.63) is 28.9 Å². The molecule has 0 radical (unpaired) electrons. The molecule has 1 aliphatic rings. The SMILES string of the molecule is Cc1noc(C)c1CN1CCC[C@H](Cn2cc(C(C)(C)O)nn2)C1. The first kappa shape index (κ1) is 17.1. The molecular formula is C17H27N5O2. The minimum absolute atomic E-state index is 0.538. The molecule has 0 unspecified atom stereocenters. The molecule has 132 valence electrons. The molecule has 3 rings (SSSR count). The third kappa shape index (κ3) is 3.84. The van der Waals surface area contributed by atoms with Crippen LogP contribution in [0.3, 0.4) is 0 Å². The number of aliphatic hydroxyl groups is 1. The molecule has 2 aromatic rings. The maximum Gasteiger partial charge on any atom is 0.138 e. The highest BCUT2D eigenvalue weighted by Gasteiger charge is 2.24. The molecule has 0 spiro atoms. The minimum atomic E-state index is -0.944. The second kappa shape index (κ2) is 6.64. The van der Waals surface area contributed by atoms with E-state index in [4.69, 9.17) is 4.52 Å². The Morgan fingerprint density at radius 2 is 2.17 bits per heavy atom. The van der Waals surface area contributed by atoms with Crippen molar-refractivity contribution in [2.75, 3.05) is 13.1 Å². The fraction of sp³-hybridized carbons (Fsp3) is 0.706. The zero-order valence-electron chi connectivity index (χ0n) is 15.0. The number of rotatable bonds is 5. The van der Waals surface area contributed by atoms with E-state index >= 15 is 0 Å². The molecule has 1 aliphatic heterocycles. The number of likely N-dealkylation sites (tertiary alicyclic amines) is 1. The third-order valence-corrected chi connectivity index (χ3v) is 4.78. The van der Waals surface area contributed by atoms with E-state index in [1.165, 1.54) is 18.4 Å². The van der Waals surface area contributed by atoms with Crippen LogP contribution in [0.2, 0.25) is 0 Å². The summed E-state index contributed by atoms with van der Waals surface area (Å²) in [6.07, 6.45) is 4.23. The predicted molar refractivity (Wildman–Crippen MR) is 89.2 cm³/mol. The topological polar surface area (TPSA) is 80.2 Å². The molecule has 3 heterocycles. The van der Waals surface area contributed by atoms with Gasteiger partial charge in [-0.15, -0.1) is 5.10 Å². The summed E-state index contributed by atoms with van der Waals surface area (Å²) in [6, 6.07) is 0. The summed E-state index contributed by atoms with van der Waals surface area (Å²) in [5, 5.41) is 22.3. The zero-order valence-corrected chi connectivity index (χ0v) is 15.0. The lowest BCUT2D eigenvalue weighted by Crippen LogP contribution is -2.36. The summed E-state index contributed by atoms with van der Waals surface area (Å²) < 4.78 is 7.13. The number of piperidine rings is 1. The van der Waals surface area contributed by atoms with Crippen molar-refractivity contribution in [3.8, 4) is 0 Å². The van der Waals surface area contributed by atoms with Gasteiger partial charge in [-0.1, -0.05) is 10.4 Å². The van der Waals surface area contributed by atoms with Gasteiger partial charge in [-0.25, -0.2) is 0 Å². The van der Waals surface area contributed by atoms with Crippen LogP contribution < -0.4 is 0 Å². The standard InChI is InChI=1S/C17H27N5O2/c1-12-15(13(2)24-19-12)10-21-7-5-6-14(8-21)9-22-11-16(18-20-22)17(3,4)23/h11,14,23H,5-10H2,1-4H3/t14-/m0/s1. The molecule has 1 atom stereocenters. The first-order valence-electron chi connectivity index (χ1n) is 8.60. The summed E-state index contributed by atoms with van der Waals surface area (Å²) in [5.41, 5.74) is 1.87. The number of aryl methyl sites for hydroxylation is 2. The summed E-state index contributed by atoms with van der Waals surface area (Å²) in [5.74, 6) is 1.45. The Hall–Kier alpha value is -1.73. The van der Waals surface area contributed by atoms with Crippen molar-refractivity contribution in [3.63, 3.8) is 0 Å². The Kier molecular flexibility index (Phi) is 4.73. The van der Waals surface area contributed by atoms with Gasteiger partial charge in [0.1, 0.15) is 17.1 Å². The first-order valence-corrected chi connectivity index (χ1v) is 8.60. The molecule has 7 heteroatoms. The van der Waals surface area contributed by atoms with Gasteiger partial charge < -0.3 is 9.63 Å². The van der Waals surface area contributed by atoms with Crippen LogP contribution in [-0.2, 0) is 18.7 Å². The Morgan fingerprint density at radius 1 is 1.38 bits per heavy atom. The fourth-order valence-electron chi connectivity index (χ4n) is 3.33. The number of hydrogen-bond donors (Lipinski definition) is 1. The van der Waals surface area contributed by atoms with Crippen LogP contribution in [0.5, 0.6) is 0 Å². The lowest BCUT2D eigenvalue weighted by molar-refractivity contribution is 0.0737. The van der Waals surface area contributed by atoms with Crippen molar-refractivity contribution in [1.29, 1.82) is 0 Å². The van der Waals surface area contributed by atoms with Crippen molar-refractivity contribution >= 4 is 0 Å². The van der Waals surface area contributed by atoms with Gasteiger partial charge in [-0.2, -0.15) is 0 Å². The molecule has 0 saturated carbocycles. The Balaban J connectivity index is 1.60. The Labute approximate surface area is 142 Å². The van der Waals surface area contributed by atoms with E-state index in [0.29, 0.717) is 11.6 Å². The summed E-state index contributed by atoms with van der Waals surface area (Å²) >= 11 is 0. The maximum absolute atomic E-state index is 10.0. The first-order chi connectivity index (χ1) is 11.3. The Morgan fingerprint density at radius 3 is 2.79 bits per heavy atom. The van der Waals surface area contributed by atoms with Gasteiger partial charge in [0.05, 0.1) is 11.9 Å². The highest BCUT2D eigenvalue weighted by molar-refractivity contribution is 5.20. The van der Waals surface area contributed by atoms with E-state index in [9.17, 15) is 5.11 Å². The molecule has 1 N–H and O–H groups in total. The molecular weight excluding hydrogens is 306 g/mol. The molecule has 0 bridgehead atoms. The summed E-state index contributed by atoms with van der Waals surface area (Å²) in [4.78, 5) is 2.47. The second-order valence-corrected chi connectivity index (χ2v) is 7.43. The van der Waals surface area contributed by atoms with E-state index in [2.05, 4.69) is 20.4 Å². The quantitative estimate of drug-likeness (QED) is 0.902. The van der Waals surface area contributed by atoms with E-state index < -0.39 is 5.60 Å². The van der Waals surface area contributed by atoms with E-state index in [-0.39, 0.29) is 0 Å². The summed E-state index contributed by atoms with van der Waals surface area (Å²) in [6.45, 7) is 11.3. The van der Waals surface area contributed by atoms with Gasteiger partial charge in [0.25, 0.3) is 0 Å². The highest BCUT2D eigenvalue weighted by Crippen LogP contribution is 2.23. The normalized spacial score (nSPS) is 19.8. The van der Waals surface area contributed by atoms with Gasteiger partial charge in [-0.05, 0) is 53.0 Å². The van der Waals surface area contributed by atoms with Crippen molar-refractivity contribution in [1.82, 2.24) is 25.1 Å². The molecule has 2 aromatic heterocycles. The molecule has 0 aromatic carbocycles.